The van der Waals surface area contributed by atoms with Crippen LogP contribution in [0.4, 0.5) is 5.69 Å². The highest BCUT2D eigenvalue weighted by Crippen LogP contribution is 2.48. The summed E-state index contributed by atoms with van der Waals surface area (Å²) < 4.78 is 0. The van der Waals surface area contributed by atoms with E-state index in [4.69, 9.17) is 0 Å². The van der Waals surface area contributed by atoms with Crippen LogP contribution in [-0.4, -0.2) is 12.1 Å². The van der Waals surface area contributed by atoms with E-state index in [1.54, 1.807) is 5.69 Å². The normalized spacial score (nSPS) is 29.1. The summed E-state index contributed by atoms with van der Waals surface area (Å²) in [5, 5.41) is 0. The molecule has 0 unspecified atom stereocenters. The molecule has 1 aromatic rings. The van der Waals surface area contributed by atoms with Crippen LogP contribution in [0, 0.1) is 5.41 Å². The van der Waals surface area contributed by atoms with Gasteiger partial charge in [-0.05, 0) is 55.6 Å². The molecule has 1 aliphatic heterocycles. The van der Waals surface area contributed by atoms with Crippen LogP contribution in [-0.2, 0) is 12.8 Å². The highest BCUT2D eigenvalue weighted by Gasteiger charge is 2.47. The fraction of sp³-hybridized carbons (Fsp3) is 0.700. The first-order chi connectivity index (χ1) is 9.93. The molecule has 1 aliphatic rings. The number of para-hydroxylation sites is 1. The first kappa shape index (κ1) is 16.4. The van der Waals surface area contributed by atoms with Gasteiger partial charge in [-0.15, -0.1) is 0 Å². The number of anilines is 1. The molecule has 118 valence electrons. The minimum atomic E-state index is 0.306. The first-order valence-corrected chi connectivity index (χ1v) is 8.81. The van der Waals surface area contributed by atoms with E-state index in [9.17, 15) is 0 Å². The molecule has 2 atom stereocenters. The quantitative estimate of drug-likeness (QED) is 0.680. The molecule has 1 fully saturated rings. The van der Waals surface area contributed by atoms with Crippen LogP contribution in [0.3, 0.4) is 0 Å². The average molecular weight is 287 g/mol. The molecule has 0 aliphatic carbocycles. The molecule has 2 rings (SSSR count). The second-order valence-electron chi connectivity index (χ2n) is 7.41. The van der Waals surface area contributed by atoms with Gasteiger partial charge in [0.25, 0.3) is 0 Å². The highest BCUT2D eigenvalue weighted by molar-refractivity contribution is 5.63. The SMILES string of the molecule is CCc1cccc(CC)c1N1C[C@](C)(CC)C[C@@]1(C)CC. The van der Waals surface area contributed by atoms with E-state index in [1.165, 1.54) is 36.9 Å². The molecule has 0 aromatic heterocycles. The number of aryl methyl sites for hydroxylation is 2. The third-order valence-corrected chi connectivity index (χ3v) is 5.85. The molecule has 1 heterocycles. The van der Waals surface area contributed by atoms with Crippen LogP contribution in [0.2, 0.25) is 0 Å². The Labute approximate surface area is 131 Å². The van der Waals surface area contributed by atoms with Crippen LogP contribution in [0.25, 0.3) is 0 Å². The highest BCUT2D eigenvalue weighted by atomic mass is 15.2. The summed E-state index contributed by atoms with van der Waals surface area (Å²) in [4.78, 5) is 2.76. The lowest BCUT2D eigenvalue weighted by Gasteiger charge is -2.39. The van der Waals surface area contributed by atoms with E-state index < -0.39 is 0 Å². The monoisotopic (exact) mass is 287 g/mol. The van der Waals surface area contributed by atoms with Gasteiger partial charge in [0.2, 0.25) is 0 Å². The van der Waals surface area contributed by atoms with Gasteiger partial charge in [0, 0.05) is 17.8 Å². The van der Waals surface area contributed by atoms with Crippen molar-refractivity contribution in [2.24, 2.45) is 5.41 Å². The molecule has 0 N–H and O–H groups in total. The van der Waals surface area contributed by atoms with Gasteiger partial charge >= 0.3 is 0 Å². The maximum absolute atomic E-state index is 2.76. The summed E-state index contributed by atoms with van der Waals surface area (Å²) in [7, 11) is 0. The number of nitrogens with zero attached hydrogens (tertiary/aromatic N) is 1. The maximum atomic E-state index is 2.76. The predicted octanol–water partition coefficient (Wildman–Crippen LogP) is 5.61. The van der Waals surface area contributed by atoms with Gasteiger partial charge in [-0.2, -0.15) is 0 Å². The number of benzene rings is 1. The predicted molar refractivity (Wildman–Crippen MR) is 94.3 cm³/mol. The first-order valence-electron chi connectivity index (χ1n) is 8.81. The van der Waals surface area contributed by atoms with Crippen molar-refractivity contribution < 1.29 is 0 Å². The molecular formula is C20H33N. The Morgan fingerprint density at radius 2 is 1.52 bits per heavy atom. The van der Waals surface area contributed by atoms with Crippen LogP contribution < -0.4 is 4.90 Å². The molecule has 1 nitrogen and oxygen atoms in total. The summed E-state index contributed by atoms with van der Waals surface area (Å²) in [6.45, 7) is 15.4. The van der Waals surface area contributed by atoms with Gasteiger partial charge < -0.3 is 4.90 Å². The van der Waals surface area contributed by atoms with Crippen molar-refractivity contribution in [3.63, 3.8) is 0 Å². The van der Waals surface area contributed by atoms with E-state index in [0.29, 0.717) is 11.0 Å². The Bertz CT molecular complexity index is 470. The Hall–Kier alpha value is -0.980. The lowest BCUT2D eigenvalue weighted by Crippen LogP contribution is -2.41. The topological polar surface area (TPSA) is 3.24 Å². The zero-order valence-electron chi connectivity index (χ0n) is 14.9. The van der Waals surface area contributed by atoms with Crippen LogP contribution in [0.15, 0.2) is 18.2 Å². The summed E-state index contributed by atoms with van der Waals surface area (Å²) in [6.07, 6.45) is 6.07. The Kier molecular flexibility index (Phi) is 4.70. The lowest BCUT2D eigenvalue weighted by molar-refractivity contribution is 0.309. The maximum Gasteiger partial charge on any atom is 0.0435 e. The molecule has 0 saturated carbocycles. The van der Waals surface area contributed by atoms with Gasteiger partial charge in [0.1, 0.15) is 0 Å². The van der Waals surface area contributed by atoms with Crippen molar-refractivity contribution in [3.05, 3.63) is 29.3 Å². The largest absolute Gasteiger partial charge is 0.365 e. The van der Waals surface area contributed by atoms with E-state index in [2.05, 4.69) is 64.6 Å². The Morgan fingerprint density at radius 1 is 0.952 bits per heavy atom. The molecule has 0 bridgehead atoms. The lowest BCUT2D eigenvalue weighted by atomic mass is 9.80. The summed E-state index contributed by atoms with van der Waals surface area (Å²) in [6, 6.07) is 6.89. The molecule has 21 heavy (non-hydrogen) atoms. The minimum absolute atomic E-state index is 0.306. The van der Waals surface area contributed by atoms with Gasteiger partial charge in [-0.3, -0.25) is 0 Å². The van der Waals surface area contributed by atoms with Crippen LogP contribution >= 0.6 is 0 Å². The molecule has 1 aromatic carbocycles. The zero-order chi connectivity index (χ0) is 15.7. The van der Waals surface area contributed by atoms with E-state index in [0.717, 1.165) is 12.8 Å². The molecular weight excluding hydrogens is 254 g/mol. The molecule has 0 radical (unpaired) electrons. The third-order valence-electron chi connectivity index (χ3n) is 5.85. The number of rotatable bonds is 5. The van der Waals surface area contributed by atoms with Gasteiger partial charge in [0.15, 0.2) is 0 Å². The fourth-order valence-corrected chi connectivity index (χ4v) is 4.11. The van der Waals surface area contributed by atoms with Gasteiger partial charge in [-0.1, -0.05) is 52.8 Å². The zero-order valence-corrected chi connectivity index (χ0v) is 14.9. The third kappa shape index (κ3) is 2.84. The molecule has 0 spiro atoms. The van der Waals surface area contributed by atoms with E-state index in [1.807, 2.05) is 0 Å². The second kappa shape index (κ2) is 6.02. The molecule has 1 heteroatoms. The summed E-state index contributed by atoms with van der Waals surface area (Å²) in [5.74, 6) is 0. The van der Waals surface area contributed by atoms with Crippen molar-refractivity contribution in [1.82, 2.24) is 0 Å². The van der Waals surface area contributed by atoms with Crippen molar-refractivity contribution in [2.45, 2.75) is 79.2 Å². The van der Waals surface area contributed by atoms with Gasteiger partial charge in [0.05, 0.1) is 0 Å². The van der Waals surface area contributed by atoms with Crippen molar-refractivity contribution in [3.8, 4) is 0 Å². The fourth-order valence-electron chi connectivity index (χ4n) is 4.11. The van der Waals surface area contributed by atoms with Gasteiger partial charge in [-0.25, -0.2) is 0 Å². The van der Waals surface area contributed by atoms with E-state index in [-0.39, 0.29) is 0 Å². The average Bonchev–Trinajstić information content (AvgIpc) is 2.79. The van der Waals surface area contributed by atoms with E-state index >= 15 is 0 Å². The smallest absolute Gasteiger partial charge is 0.0435 e. The number of hydrogen-bond donors (Lipinski definition) is 0. The van der Waals surface area contributed by atoms with Crippen molar-refractivity contribution >= 4 is 5.69 Å². The van der Waals surface area contributed by atoms with Crippen LogP contribution in [0.1, 0.15) is 71.9 Å². The van der Waals surface area contributed by atoms with Crippen molar-refractivity contribution in [1.29, 1.82) is 0 Å². The molecule has 1 saturated heterocycles. The summed E-state index contributed by atoms with van der Waals surface area (Å²) in [5.41, 5.74) is 5.35. The minimum Gasteiger partial charge on any atom is -0.365 e. The Morgan fingerprint density at radius 3 is 1.95 bits per heavy atom. The second-order valence-corrected chi connectivity index (χ2v) is 7.41. The van der Waals surface area contributed by atoms with Crippen LogP contribution in [0.5, 0.6) is 0 Å². The molecule has 0 amide bonds. The summed E-state index contributed by atoms with van der Waals surface area (Å²) >= 11 is 0. The standard InChI is InChI=1S/C20H33N/c1-7-16-12-11-13-17(8-2)18(16)21-15-19(5,9-3)14-20(21,6)10-4/h11-13H,7-10,14-15H2,1-6H3/t19-,20-/m1/s1. The van der Waals surface area contributed by atoms with Crippen molar-refractivity contribution in [2.75, 3.05) is 11.4 Å². The Balaban J connectivity index is 2.54. The number of hydrogen-bond acceptors (Lipinski definition) is 1.